The lowest BCUT2D eigenvalue weighted by molar-refractivity contribution is -0.0592. The molecule has 3 saturated heterocycles. The number of aromatic nitrogens is 6. The molecule has 0 bridgehead atoms. The number of fused-ring (bicyclic) bond motifs is 1. The third-order valence-electron chi connectivity index (χ3n) is 20.8. The highest BCUT2D eigenvalue weighted by Crippen LogP contribution is 2.55. The maximum atomic E-state index is 15.7. The van der Waals surface area contributed by atoms with Gasteiger partial charge in [0, 0.05) is 36.8 Å². The van der Waals surface area contributed by atoms with Crippen LogP contribution >= 0.6 is 22.8 Å². The van der Waals surface area contributed by atoms with Crippen LogP contribution in [0.1, 0.15) is 93.6 Å². The van der Waals surface area contributed by atoms with Gasteiger partial charge in [-0.15, -0.1) is 0 Å². The highest BCUT2D eigenvalue weighted by molar-refractivity contribution is 7.54. The normalized spacial score (nSPS) is 24.5. The van der Waals surface area contributed by atoms with E-state index < -0.39 is 149 Å². The number of para-hydroxylation sites is 3. The zero-order valence-corrected chi connectivity index (χ0v) is 72.5. The smallest absolute Gasteiger partial charge is 0.379 e. The van der Waals surface area contributed by atoms with Gasteiger partial charge in [0.15, 0.2) is 35.7 Å². The number of aromatic amines is 3. The molecule has 10 aromatic rings. The van der Waals surface area contributed by atoms with Crippen molar-refractivity contribution in [3.8, 4) is 17.2 Å². The number of H-pyrrole nitrogens is 3. The van der Waals surface area contributed by atoms with Crippen LogP contribution in [0.3, 0.4) is 0 Å². The van der Waals surface area contributed by atoms with E-state index in [1.807, 2.05) is 123 Å². The molecule has 3 fully saturated rings. The van der Waals surface area contributed by atoms with Crippen molar-refractivity contribution in [3.05, 3.63) is 309 Å². The van der Waals surface area contributed by atoms with Crippen LogP contribution in [0, 0.1) is 38.5 Å². The summed E-state index contributed by atoms with van der Waals surface area (Å²) in [4.78, 5) is 77.2. The van der Waals surface area contributed by atoms with E-state index in [0.29, 0.717) is 37.1 Å². The van der Waals surface area contributed by atoms with Gasteiger partial charge in [-0.05, 0) is 129 Å². The first-order valence-corrected chi connectivity index (χ1v) is 45.4. The Balaban J connectivity index is 0.000000181. The lowest BCUT2D eigenvalue weighted by atomic mass is 9.98. The largest absolute Gasteiger partial charge is 0.424 e. The first-order valence-electron chi connectivity index (χ1n) is 40.2. The second-order valence-corrected chi connectivity index (χ2v) is 37.9. The molecule has 6 heterocycles. The summed E-state index contributed by atoms with van der Waals surface area (Å²) < 4.78 is 161. The van der Waals surface area contributed by atoms with Crippen LogP contribution in [-0.2, 0) is 75.5 Å². The van der Waals surface area contributed by atoms with E-state index in [4.69, 9.17) is 55.6 Å². The quantitative estimate of drug-likeness (QED) is 0.0199. The van der Waals surface area contributed by atoms with Crippen molar-refractivity contribution in [2.75, 3.05) is 58.1 Å². The Labute approximate surface area is 712 Å². The molecule has 0 spiro atoms. The molecule has 3 aliphatic heterocycles. The van der Waals surface area contributed by atoms with Crippen LogP contribution in [-0.4, -0.2) is 156 Å². The van der Waals surface area contributed by atoms with Crippen molar-refractivity contribution in [3.63, 3.8) is 0 Å². The molecule has 7 aromatic carbocycles. The van der Waals surface area contributed by atoms with Crippen molar-refractivity contribution in [2.45, 2.75) is 154 Å². The number of nitrogens with zero attached hydrogens (tertiary/aromatic N) is 3. The van der Waals surface area contributed by atoms with Gasteiger partial charge in [-0.25, -0.2) is 41.3 Å². The standard InChI is InChI=1S/C32H36FN2O8P.2C28H34FN2O8P/c1-21(17-40-18-26-22(2)13-14-23-9-7-8-12-25(23)26)20-44(39,43-24-10-5-4-6-11-24)41-19-27-29(37)32(3,33)30(42-27)35-16-15-28(36)34-31(35)38;1-19-8-7-9-21(14-19)16-36-15-20(2)18-40(35,39-22-10-5-4-6-11-22)37-17-23-25(33)28(3,29)26(38-23)31-13-12-24(32)30-27(31)34;1-19-9-11-21(12-10-19)16-36-15-20(2)18-40(35,39-22-7-5-4-6-8-22)37-17-23-25(33)28(3,29)26(38-23)31-14-13-24(32)30-27(31)34/h4-16,21,27,29-30,37H,17-20H2,1-3H3,(H,34,36,38);2*4-14,20,23,25-26,33H,15-18H2,1-3H3,(H,30,32,34)/t21?,27-,29-,30-,32-,44?;2*20?,23-,25-,26-,28-,40?/m111/s1. The van der Waals surface area contributed by atoms with Gasteiger partial charge in [-0.2, -0.15) is 0 Å². The van der Waals surface area contributed by atoms with Crippen LogP contribution in [0.5, 0.6) is 17.2 Å². The molecule has 0 radical (unpaired) electrons. The molecule has 6 N–H and O–H groups in total. The fourth-order valence-corrected chi connectivity index (χ4v) is 20.0. The average Bonchev–Trinajstić information content (AvgIpc) is 1.62. The van der Waals surface area contributed by atoms with Gasteiger partial charge in [-0.3, -0.25) is 56.6 Å². The summed E-state index contributed by atoms with van der Waals surface area (Å²) in [7, 11) is -11.6. The minimum Gasteiger partial charge on any atom is -0.424 e. The zero-order valence-electron chi connectivity index (χ0n) is 69.9. The maximum absolute atomic E-state index is 15.7. The Hall–Kier alpha value is -9.76. The molecule has 666 valence electrons. The van der Waals surface area contributed by atoms with E-state index >= 15 is 13.2 Å². The number of rotatable bonds is 36. The molecular weight excluding hydrogens is 1670 g/mol. The molecule has 13 rings (SSSR count). The summed E-state index contributed by atoms with van der Waals surface area (Å²) in [5.74, 6) is 0.199. The van der Waals surface area contributed by atoms with Gasteiger partial charge in [0.25, 0.3) is 16.7 Å². The third kappa shape index (κ3) is 25.1. The summed E-state index contributed by atoms with van der Waals surface area (Å²) >= 11 is 0. The summed E-state index contributed by atoms with van der Waals surface area (Å²) in [6.45, 7) is 15.3. The molecule has 3 aromatic heterocycles. The Morgan fingerprint density at radius 3 is 1.12 bits per heavy atom. The van der Waals surface area contributed by atoms with Crippen LogP contribution in [0.2, 0.25) is 0 Å². The van der Waals surface area contributed by atoms with Crippen LogP contribution < -0.4 is 47.3 Å². The number of hydrogen-bond donors (Lipinski definition) is 6. The number of halogens is 3. The van der Waals surface area contributed by atoms with Crippen LogP contribution in [0.25, 0.3) is 10.8 Å². The second-order valence-electron chi connectivity index (χ2n) is 31.8. The zero-order chi connectivity index (χ0) is 89.3. The molecule has 3 aliphatic rings. The molecule has 0 aliphatic carbocycles. The number of hydrogen-bond acceptors (Lipinski definition) is 24. The number of benzene rings is 7. The number of ether oxygens (including phenoxy) is 6. The first kappa shape index (κ1) is 94.9. The first-order chi connectivity index (χ1) is 58.9. The number of aryl methyl sites for hydroxylation is 3. The van der Waals surface area contributed by atoms with Crippen molar-refractivity contribution in [2.24, 2.45) is 17.8 Å². The molecule has 124 heavy (non-hydrogen) atoms. The maximum Gasteiger partial charge on any atom is 0.379 e. The van der Waals surface area contributed by atoms with Gasteiger partial charge < -0.3 is 57.3 Å². The van der Waals surface area contributed by atoms with Crippen molar-refractivity contribution < 1.29 is 97.7 Å². The van der Waals surface area contributed by atoms with Crippen LogP contribution in [0.4, 0.5) is 13.2 Å². The van der Waals surface area contributed by atoms with Gasteiger partial charge in [0.1, 0.15) is 53.9 Å². The summed E-state index contributed by atoms with van der Waals surface area (Å²) in [5.41, 5.74) is -5.45. The predicted molar refractivity (Wildman–Crippen MR) is 456 cm³/mol. The van der Waals surface area contributed by atoms with Gasteiger partial charge >= 0.3 is 39.9 Å². The molecule has 6 unspecified atom stereocenters. The topological polar surface area (TPSA) is 387 Å². The Bertz CT molecular complexity index is 5730. The molecule has 0 saturated carbocycles. The fraction of sp³-hybridized carbons (Fsp3) is 0.409. The summed E-state index contributed by atoms with van der Waals surface area (Å²) in [5, 5.41) is 34.4. The van der Waals surface area contributed by atoms with Crippen molar-refractivity contribution in [1.82, 2.24) is 28.7 Å². The highest BCUT2D eigenvalue weighted by atomic mass is 31.2. The second kappa shape index (κ2) is 42.0. The number of aliphatic hydroxyl groups is 3. The lowest BCUT2D eigenvalue weighted by Crippen LogP contribution is -2.43. The highest BCUT2D eigenvalue weighted by Gasteiger charge is 2.58. The Morgan fingerprint density at radius 2 is 0.758 bits per heavy atom. The molecule has 30 nitrogen and oxygen atoms in total. The minimum atomic E-state index is -3.90. The van der Waals surface area contributed by atoms with Crippen LogP contribution in [0.15, 0.2) is 241 Å². The summed E-state index contributed by atoms with van der Waals surface area (Å²) in [6.07, 6.45) is -10.5. The summed E-state index contributed by atoms with van der Waals surface area (Å²) in [6, 6.07) is 56.7. The predicted octanol–water partition coefficient (Wildman–Crippen LogP) is 13.1. The number of nitrogens with one attached hydrogen (secondary N) is 3. The van der Waals surface area contributed by atoms with Gasteiger partial charge in [0.2, 0.25) is 0 Å². The lowest BCUT2D eigenvalue weighted by Gasteiger charge is -2.25. The molecular formula is C88H104F3N6O24P3. The Kier molecular flexibility index (Phi) is 32.2. The number of aliphatic hydroxyl groups excluding tert-OH is 3. The molecule has 36 heteroatoms. The third-order valence-corrected chi connectivity index (χ3v) is 27.1. The van der Waals surface area contributed by atoms with Gasteiger partial charge in [0.05, 0.1) is 77.9 Å². The molecule has 18 atom stereocenters. The van der Waals surface area contributed by atoms with E-state index in [1.54, 1.807) is 91.0 Å². The van der Waals surface area contributed by atoms with E-state index in [9.17, 15) is 57.8 Å². The van der Waals surface area contributed by atoms with E-state index in [1.165, 1.54) is 0 Å². The van der Waals surface area contributed by atoms with Crippen molar-refractivity contribution >= 4 is 33.6 Å². The van der Waals surface area contributed by atoms with E-state index in [0.717, 1.165) is 115 Å². The van der Waals surface area contributed by atoms with E-state index in [-0.39, 0.29) is 56.1 Å². The number of alkyl halides is 3. The monoisotopic (exact) mass is 1780 g/mol. The fourth-order valence-electron chi connectivity index (χ4n) is 14.3. The van der Waals surface area contributed by atoms with Gasteiger partial charge in [-0.1, -0.05) is 171 Å². The Morgan fingerprint density at radius 1 is 0.411 bits per heavy atom. The SMILES string of the molecule is Cc1ccc(COCC(C)CP(=O)(OC[C@H]2O[C@@H](n3ccc(=O)[nH]c3=O)[C@](C)(F)[C@@H]2O)Oc2ccccc2)cc1.Cc1ccc2ccccc2c1COCC(C)CP(=O)(OC[C@H]1O[C@@H](n2ccc(=O)[nH]c2=O)[C@](C)(F)[C@@H]1O)Oc1ccccc1.Cc1cccc(COCC(C)CP(=O)(OC[C@H]2O[C@@H](n3ccc(=O)[nH]c3=O)[C@](C)(F)[C@@H]2O)Oc2ccccc2)c1. The van der Waals surface area contributed by atoms with E-state index in [2.05, 4.69) is 18.2 Å². The minimum absolute atomic E-state index is 0.0195. The van der Waals surface area contributed by atoms with Crippen molar-refractivity contribution in [1.29, 1.82) is 0 Å². The average molecular weight is 1780 g/mol. The molecule has 0 amide bonds.